The molecular weight excluding hydrogens is 383 g/mol. The molecule has 2 aromatic rings. The van der Waals surface area contributed by atoms with Gasteiger partial charge in [-0.15, -0.1) is 23.2 Å². The molecule has 25 heavy (non-hydrogen) atoms. The molecule has 0 bridgehead atoms. The zero-order chi connectivity index (χ0) is 18.4. The van der Waals surface area contributed by atoms with Gasteiger partial charge in [-0.05, 0) is 44.2 Å². The Morgan fingerprint density at radius 2 is 1.56 bits per heavy atom. The molecule has 0 amide bonds. The minimum Gasteiger partial charge on any atom is -0.369 e. The second-order valence-electron chi connectivity index (χ2n) is 5.64. The molecule has 1 N–H and O–H groups in total. The van der Waals surface area contributed by atoms with Crippen LogP contribution in [0.4, 0.5) is 11.6 Å². The zero-order valence-corrected chi connectivity index (χ0v) is 16.3. The molecule has 2 rings (SSSR count). The van der Waals surface area contributed by atoms with Crippen LogP contribution in [0.3, 0.4) is 0 Å². The van der Waals surface area contributed by atoms with Gasteiger partial charge < -0.3 is 4.90 Å². The van der Waals surface area contributed by atoms with Crippen LogP contribution in [0.2, 0.25) is 0 Å². The van der Waals surface area contributed by atoms with Crippen LogP contribution in [0.1, 0.15) is 13.8 Å². The van der Waals surface area contributed by atoms with Gasteiger partial charge in [0, 0.05) is 41.9 Å². The molecule has 9 heteroatoms. The summed E-state index contributed by atoms with van der Waals surface area (Å²) in [5, 5.41) is -0.119. The molecule has 0 aliphatic carbocycles. The summed E-state index contributed by atoms with van der Waals surface area (Å²) in [6.07, 6.45) is 2.93. The Labute approximate surface area is 158 Å². The van der Waals surface area contributed by atoms with Crippen molar-refractivity contribution in [3.05, 3.63) is 42.7 Å². The lowest BCUT2D eigenvalue weighted by molar-refractivity contribution is 0.600. The Kier molecular flexibility index (Phi) is 6.87. The normalized spacial score (nSPS) is 13.9. The molecule has 0 radical (unpaired) electrons. The number of hydrogen-bond acceptors (Lipinski definition) is 5. The van der Waals surface area contributed by atoms with Crippen LogP contribution in [0.5, 0.6) is 0 Å². The maximum absolute atomic E-state index is 12.4. The van der Waals surface area contributed by atoms with Crippen LogP contribution in [-0.4, -0.2) is 42.2 Å². The van der Waals surface area contributed by atoms with Gasteiger partial charge in [-0.2, -0.15) is 0 Å². The highest BCUT2D eigenvalue weighted by Crippen LogP contribution is 2.21. The van der Waals surface area contributed by atoms with Crippen LogP contribution < -0.4 is 9.62 Å². The van der Waals surface area contributed by atoms with Crippen LogP contribution >= 0.6 is 23.2 Å². The first-order valence-electron chi connectivity index (χ1n) is 7.71. The van der Waals surface area contributed by atoms with E-state index in [2.05, 4.69) is 14.7 Å². The van der Waals surface area contributed by atoms with Gasteiger partial charge in [0.25, 0.3) is 10.0 Å². The lowest BCUT2D eigenvalue weighted by Gasteiger charge is -2.27. The fraction of sp³-hybridized carbons (Fsp3) is 0.375. The summed E-state index contributed by atoms with van der Waals surface area (Å²) in [5.41, 5.74) is 0.856. The lowest BCUT2D eigenvalue weighted by atomic mass is 10.2. The van der Waals surface area contributed by atoms with Crippen molar-refractivity contribution in [2.24, 2.45) is 0 Å². The molecule has 0 saturated carbocycles. The summed E-state index contributed by atoms with van der Waals surface area (Å²) in [4.78, 5) is 9.88. The van der Waals surface area contributed by atoms with Gasteiger partial charge in [0.05, 0.1) is 4.90 Å². The second-order valence-corrected chi connectivity index (χ2v) is 8.81. The van der Waals surface area contributed by atoms with Crippen molar-refractivity contribution in [3.63, 3.8) is 0 Å². The number of halogens is 2. The number of alkyl halides is 2. The van der Waals surface area contributed by atoms with E-state index in [0.29, 0.717) is 13.1 Å². The highest BCUT2D eigenvalue weighted by atomic mass is 35.5. The third kappa shape index (κ3) is 6.02. The number of nitrogens with zero attached hydrogens (tertiary/aromatic N) is 3. The van der Waals surface area contributed by atoms with Gasteiger partial charge >= 0.3 is 0 Å². The van der Waals surface area contributed by atoms with Crippen LogP contribution in [0.15, 0.2) is 47.6 Å². The van der Waals surface area contributed by atoms with E-state index in [-0.39, 0.29) is 21.6 Å². The van der Waals surface area contributed by atoms with Crippen LogP contribution in [-0.2, 0) is 10.0 Å². The van der Waals surface area contributed by atoms with Gasteiger partial charge in [0.2, 0.25) is 5.95 Å². The minimum absolute atomic E-state index is 0.0279. The maximum atomic E-state index is 12.4. The molecule has 6 nitrogen and oxygen atoms in total. The molecule has 0 fully saturated rings. The SMILES string of the molecule is C[C@H](Cl)CN(C[C@H](C)Cl)c1ccc(S(=O)(=O)Nc2ncccn2)cc1. The average Bonchev–Trinajstić information content (AvgIpc) is 2.54. The maximum Gasteiger partial charge on any atom is 0.264 e. The summed E-state index contributed by atoms with van der Waals surface area (Å²) in [6.45, 7) is 5.02. The van der Waals surface area contributed by atoms with E-state index in [4.69, 9.17) is 23.2 Å². The molecule has 1 aromatic carbocycles. The van der Waals surface area contributed by atoms with E-state index in [9.17, 15) is 8.42 Å². The van der Waals surface area contributed by atoms with E-state index in [1.54, 1.807) is 18.2 Å². The quantitative estimate of drug-likeness (QED) is 0.685. The summed E-state index contributed by atoms with van der Waals surface area (Å²) >= 11 is 12.2. The number of sulfonamides is 1. The van der Waals surface area contributed by atoms with Gasteiger partial charge in [-0.25, -0.2) is 23.1 Å². The molecule has 0 aliphatic heterocycles. The monoisotopic (exact) mass is 402 g/mol. The Bertz CT molecular complexity index is 758. The highest BCUT2D eigenvalue weighted by molar-refractivity contribution is 7.92. The number of aromatic nitrogens is 2. The van der Waals surface area contributed by atoms with Crippen molar-refractivity contribution < 1.29 is 8.42 Å². The highest BCUT2D eigenvalue weighted by Gasteiger charge is 2.17. The largest absolute Gasteiger partial charge is 0.369 e. The molecule has 0 aliphatic rings. The molecule has 0 unspecified atom stereocenters. The van der Waals surface area contributed by atoms with Crippen molar-refractivity contribution >= 4 is 44.9 Å². The number of anilines is 2. The Morgan fingerprint density at radius 3 is 2.04 bits per heavy atom. The summed E-state index contributed by atoms with van der Waals surface area (Å²) in [6, 6.07) is 8.14. The molecular formula is C16H20Cl2N4O2S. The first-order chi connectivity index (χ1) is 11.8. The van der Waals surface area contributed by atoms with Crippen molar-refractivity contribution in [1.82, 2.24) is 9.97 Å². The van der Waals surface area contributed by atoms with E-state index >= 15 is 0 Å². The van der Waals surface area contributed by atoms with Crippen molar-refractivity contribution in [2.45, 2.75) is 29.5 Å². The smallest absolute Gasteiger partial charge is 0.264 e. The number of rotatable bonds is 8. The average molecular weight is 403 g/mol. The zero-order valence-electron chi connectivity index (χ0n) is 13.9. The standard InChI is InChI=1S/C16H20Cl2N4O2S/c1-12(17)10-22(11-13(2)18)14-4-6-15(7-5-14)25(23,24)21-16-19-8-3-9-20-16/h3-9,12-13H,10-11H2,1-2H3,(H,19,20,21)/t12-,13-/m0/s1. The topological polar surface area (TPSA) is 75.2 Å². The molecule has 1 aromatic heterocycles. The van der Waals surface area contributed by atoms with Crippen molar-refractivity contribution in [2.75, 3.05) is 22.7 Å². The van der Waals surface area contributed by atoms with Crippen molar-refractivity contribution in [1.29, 1.82) is 0 Å². The molecule has 136 valence electrons. The third-order valence-electron chi connectivity index (χ3n) is 3.25. The van der Waals surface area contributed by atoms with Gasteiger partial charge in [-0.3, -0.25) is 0 Å². The van der Waals surface area contributed by atoms with E-state index in [1.807, 2.05) is 18.7 Å². The van der Waals surface area contributed by atoms with Gasteiger partial charge in [-0.1, -0.05) is 0 Å². The van der Waals surface area contributed by atoms with Crippen molar-refractivity contribution in [3.8, 4) is 0 Å². The second kappa shape index (κ2) is 8.69. The predicted molar refractivity (Wildman–Crippen MR) is 102 cm³/mol. The number of benzene rings is 1. The predicted octanol–water partition coefficient (Wildman–Crippen LogP) is 3.34. The summed E-state index contributed by atoms with van der Waals surface area (Å²) in [7, 11) is -3.75. The minimum atomic E-state index is -3.75. The fourth-order valence-corrected chi connectivity index (χ4v) is 3.55. The summed E-state index contributed by atoms with van der Waals surface area (Å²) < 4.78 is 27.1. The Balaban J connectivity index is 2.19. The first kappa shape index (κ1) is 19.8. The Morgan fingerprint density at radius 1 is 1.04 bits per heavy atom. The van der Waals surface area contributed by atoms with E-state index < -0.39 is 10.0 Å². The number of nitrogens with one attached hydrogen (secondary N) is 1. The van der Waals surface area contributed by atoms with Crippen LogP contribution in [0.25, 0.3) is 0 Å². The Hall–Kier alpha value is -1.57. The third-order valence-corrected chi connectivity index (χ3v) is 4.87. The van der Waals surface area contributed by atoms with Crippen LogP contribution in [0, 0.1) is 0 Å². The number of hydrogen-bond donors (Lipinski definition) is 1. The fourth-order valence-electron chi connectivity index (χ4n) is 2.26. The molecule has 0 spiro atoms. The summed E-state index contributed by atoms with van der Waals surface area (Å²) in [5.74, 6) is 0.0279. The van der Waals surface area contributed by atoms with E-state index in [0.717, 1.165) is 5.69 Å². The van der Waals surface area contributed by atoms with E-state index in [1.165, 1.54) is 24.5 Å². The first-order valence-corrected chi connectivity index (χ1v) is 10.1. The molecule has 1 heterocycles. The van der Waals surface area contributed by atoms with Gasteiger partial charge in [0.15, 0.2) is 0 Å². The lowest BCUT2D eigenvalue weighted by Crippen LogP contribution is -2.33. The molecule has 2 atom stereocenters. The van der Waals surface area contributed by atoms with Gasteiger partial charge in [0.1, 0.15) is 0 Å². The molecule has 0 saturated heterocycles.